The molecule has 0 atom stereocenters. The zero-order valence-electron chi connectivity index (χ0n) is 16.4. The van der Waals surface area contributed by atoms with E-state index < -0.39 is 5.91 Å². The second-order valence-electron chi connectivity index (χ2n) is 7.02. The molecule has 4 rings (SSSR count). The van der Waals surface area contributed by atoms with Crippen molar-refractivity contribution in [2.45, 2.75) is 26.7 Å². The number of carbonyl (C=O) groups excluding carboxylic acids is 1. The highest BCUT2D eigenvalue weighted by Crippen LogP contribution is 2.36. The van der Waals surface area contributed by atoms with Gasteiger partial charge in [-0.05, 0) is 30.5 Å². The van der Waals surface area contributed by atoms with E-state index in [0.29, 0.717) is 11.5 Å². The Hall–Kier alpha value is -3.74. The van der Waals surface area contributed by atoms with Gasteiger partial charge in [-0.15, -0.1) is 0 Å². The number of H-pyrrole nitrogens is 1. The van der Waals surface area contributed by atoms with Crippen molar-refractivity contribution in [2.75, 3.05) is 5.73 Å². The van der Waals surface area contributed by atoms with E-state index >= 15 is 0 Å². The third-order valence-electron chi connectivity index (χ3n) is 5.03. The summed E-state index contributed by atoms with van der Waals surface area (Å²) in [5.41, 5.74) is 17.2. The van der Waals surface area contributed by atoms with Crippen molar-refractivity contribution in [3.05, 3.63) is 59.4 Å². The third-order valence-corrected chi connectivity index (χ3v) is 5.03. The van der Waals surface area contributed by atoms with E-state index in [2.05, 4.69) is 22.1 Å². The molecule has 0 aliphatic rings. The summed E-state index contributed by atoms with van der Waals surface area (Å²) in [5, 5.41) is 7.97. The predicted molar refractivity (Wildman–Crippen MR) is 114 cm³/mol. The summed E-state index contributed by atoms with van der Waals surface area (Å²) >= 11 is 0. The molecule has 0 saturated heterocycles. The molecule has 0 bridgehead atoms. The topological polar surface area (TPSA) is 124 Å². The highest BCUT2D eigenvalue weighted by molar-refractivity contribution is 6.04. The summed E-state index contributed by atoms with van der Waals surface area (Å²) in [6, 6.07) is 11.8. The summed E-state index contributed by atoms with van der Waals surface area (Å²) in [7, 11) is 0. The van der Waals surface area contributed by atoms with E-state index in [-0.39, 0.29) is 11.4 Å². The molecule has 0 fully saturated rings. The number of aromatic amines is 1. The van der Waals surface area contributed by atoms with E-state index in [9.17, 15) is 4.79 Å². The lowest BCUT2D eigenvalue weighted by Crippen LogP contribution is -2.18. The van der Waals surface area contributed by atoms with Gasteiger partial charge >= 0.3 is 0 Å². The first-order valence-electron chi connectivity index (χ1n) is 9.50. The Balaban J connectivity index is 2.05. The Labute approximate surface area is 168 Å². The largest absolute Gasteiger partial charge is 0.395 e. The molecule has 0 spiro atoms. The first-order chi connectivity index (χ1) is 14.0. The van der Waals surface area contributed by atoms with Crippen LogP contribution < -0.4 is 11.5 Å². The van der Waals surface area contributed by atoms with Gasteiger partial charge < -0.3 is 11.5 Å². The van der Waals surface area contributed by atoms with Crippen molar-refractivity contribution < 1.29 is 4.79 Å². The van der Waals surface area contributed by atoms with Gasteiger partial charge in [0.15, 0.2) is 11.5 Å². The van der Waals surface area contributed by atoms with Gasteiger partial charge in [0, 0.05) is 16.5 Å². The number of hydrogen-bond acceptors (Lipinski definition) is 5. The van der Waals surface area contributed by atoms with Crippen LogP contribution in [0, 0.1) is 6.92 Å². The number of nitrogen functional groups attached to an aromatic ring is 1. The van der Waals surface area contributed by atoms with Gasteiger partial charge in [-0.2, -0.15) is 5.10 Å². The maximum absolute atomic E-state index is 12.1. The Morgan fingerprint density at radius 2 is 1.93 bits per heavy atom. The van der Waals surface area contributed by atoms with Crippen molar-refractivity contribution in [1.82, 2.24) is 20.2 Å². The molecule has 0 unspecified atom stereocenters. The van der Waals surface area contributed by atoms with E-state index in [0.717, 1.165) is 46.0 Å². The summed E-state index contributed by atoms with van der Waals surface area (Å²) < 4.78 is 0. The molecule has 29 heavy (non-hydrogen) atoms. The van der Waals surface area contributed by atoms with Crippen LogP contribution in [0.25, 0.3) is 33.5 Å². The monoisotopic (exact) mass is 386 g/mol. The van der Waals surface area contributed by atoms with E-state index in [1.807, 2.05) is 43.3 Å². The molecule has 0 saturated carbocycles. The Kier molecular flexibility index (Phi) is 4.72. The van der Waals surface area contributed by atoms with Crippen LogP contribution in [-0.2, 0) is 6.42 Å². The van der Waals surface area contributed by atoms with Crippen LogP contribution in [-0.4, -0.2) is 26.1 Å². The zero-order valence-corrected chi connectivity index (χ0v) is 16.4. The number of primary amides is 1. The Morgan fingerprint density at radius 1 is 1.14 bits per heavy atom. The predicted octanol–water partition coefficient (Wildman–Crippen LogP) is 3.63. The van der Waals surface area contributed by atoms with Crippen LogP contribution in [0.5, 0.6) is 0 Å². The molecular formula is C22H22N6O. The number of nitrogens with zero attached hydrogens (tertiary/aromatic N) is 3. The molecule has 2 heterocycles. The molecule has 5 N–H and O–H groups in total. The van der Waals surface area contributed by atoms with Gasteiger partial charge in [-0.1, -0.05) is 43.7 Å². The van der Waals surface area contributed by atoms with Gasteiger partial charge in [0.2, 0.25) is 0 Å². The van der Waals surface area contributed by atoms with Crippen LogP contribution in [0.4, 0.5) is 5.69 Å². The van der Waals surface area contributed by atoms with E-state index in [1.54, 1.807) is 6.20 Å². The molecule has 0 aliphatic carbocycles. The Morgan fingerprint density at radius 3 is 2.69 bits per heavy atom. The fourth-order valence-corrected chi connectivity index (χ4v) is 3.63. The second kappa shape index (κ2) is 7.35. The number of fused-ring (bicyclic) bond motifs is 1. The number of nitrogens with two attached hydrogens (primary N) is 2. The first kappa shape index (κ1) is 18.6. The molecule has 2 aromatic carbocycles. The SMILES string of the molecule is CCCc1ccccc1-c1nc(C(N)=O)c(N)c(-c2c(C)ccc3[nH]ncc23)n1. The van der Waals surface area contributed by atoms with Gasteiger partial charge in [-0.3, -0.25) is 9.89 Å². The lowest BCUT2D eigenvalue weighted by molar-refractivity contribution is 0.0996. The molecule has 146 valence electrons. The molecule has 4 aromatic rings. The average molecular weight is 386 g/mol. The van der Waals surface area contributed by atoms with E-state index in [4.69, 9.17) is 16.5 Å². The number of nitrogens with one attached hydrogen (secondary N) is 1. The van der Waals surface area contributed by atoms with Gasteiger partial charge in [0.05, 0.1) is 23.1 Å². The molecule has 0 aliphatic heterocycles. The highest BCUT2D eigenvalue weighted by atomic mass is 16.1. The number of hydrogen-bond donors (Lipinski definition) is 3. The summed E-state index contributed by atoms with van der Waals surface area (Å²) in [6.07, 6.45) is 3.59. The minimum absolute atomic E-state index is 0.0243. The van der Waals surface area contributed by atoms with Crippen LogP contribution in [0.3, 0.4) is 0 Å². The molecule has 7 heteroatoms. The lowest BCUT2D eigenvalue weighted by Gasteiger charge is -2.15. The van der Waals surface area contributed by atoms with Gasteiger partial charge in [0.1, 0.15) is 0 Å². The second-order valence-corrected chi connectivity index (χ2v) is 7.02. The summed E-state index contributed by atoms with van der Waals surface area (Å²) in [4.78, 5) is 21.4. The van der Waals surface area contributed by atoms with Gasteiger partial charge in [-0.25, -0.2) is 9.97 Å². The number of anilines is 1. The zero-order chi connectivity index (χ0) is 20.5. The fraction of sp³-hybridized carbons (Fsp3) is 0.182. The normalized spacial score (nSPS) is 11.1. The van der Waals surface area contributed by atoms with E-state index in [1.165, 1.54) is 0 Å². The Bertz CT molecular complexity index is 1230. The van der Waals surface area contributed by atoms with Crippen LogP contribution in [0.1, 0.15) is 35.0 Å². The van der Waals surface area contributed by atoms with Crippen LogP contribution >= 0.6 is 0 Å². The molecule has 0 radical (unpaired) electrons. The number of benzene rings is 2. The van der Waals surface area contributed by atoms with Crippen LogP contribution in [0.15, 0.2) is 42.6 Å². The van der Waals surface area contributed by atoms with Crippen molar-refractivity contribution in [3.63, 3.8) is 0 Å². The number of aryl methyl sites for hydroxylation is 2. The minimum Gasteiger partial charge on any atom is -0.395 e. The minimum atomic E-state index is -0.683. The average Bonchev–Trinajstić information content (AvgIpc) is 3.18. The standard InChI is InChI=1S/C22H22N6O/c1-3-6-13-7-4-5-8-14(13)22-26-19(18(23)20(27-22)21(24)29)17-12(2)9-10-16-15(17)11-25-28-16/h4-5,7-11H,3,6,23H2,1-2H3,(H2,24,29)(H,25,28). The first-order valence-corrected chi connectivity index (χ1v) is 9.50. The van der Waals surface area contributed by atoms with Crippen LogP contribution in [0.2, 0.25) is 0 Å². The maximum atomic E-state index is 12.1. The maximum Gasteiger partial charge on any atom is 0.269 e. The number of aromatic nitrogens is 4. The van der Waals surface area contributed by atoms with Gasteiger partial charge in [0.25, 0.3) is 5.91 Å². The molecule has 1 amide bonds. The molecular weight excluding hydrogens is 364 g/mol. The lowest BCUT2D eigenvalue weighted by atomic mass is 9.98. The third kappa shape index (κ3) is 3.20. The quantitative estimate of drug-likeness (QED) is 0.483. The summed E-state index contributed by atoms with van der Waals surface area (Å²) in [5.74, 6) is -0.246. The smallest absolute Gasteiger partial charge is 0.269 e. The van der Waals surface area contributed by atoms with Crippen molar-refractivity contribution in [3.8, 4) is 22.6 Å². The highest BCUT2D eigenvalue weighted by Gasteiger charge is 2.22. The summed E-state index contributed by atoms with van der Waals surface area (Å²) in [6.45, 7) is 4.09. The molecule has 2 aromatic heterocycles. The number of rotatable bonds is 5. The van der Waals surface area contributed by atoms with Crippen molar-refractivity contribution >= 4 is 22.5 Å². The number of carbonyl (C=O) groups is 1. The molecule has 7 nitrogen and oxygen atoms in total. The van der Waals surface area contributed by atoms with Crippen molar-refractivity contribution in [2.24, 2.45) is 5.73 Å². The van der Waals surface area contributed by atoms with Crippen molar-refractivity contribution in [1.29, 1.82) is 0 Å². The fourth-order valence-electron chi connectivity index (χ4n) is 3.63. The number of amides is 1.